The molecule has 0 bridgehead atoms. The van der Waals surface area contributed by atoms with E-state index in [0.717, 1.165) is 23.1 Å². The van der Waals surface area contributed by atoms with Crippen molar-refractivity contribution in [1.29, 1.82) is 0 Å². The number of aryl methyl sites for hydroxylation is 1. The fraction of sp³-hybridized carbons (Fsp3) is 0.545. The third-order valence-electron chi connectivity index (χ3n) is 2.59. The van der Waals surface area contributed by atoms with Gasteiger partial charge in [-0.2, -0.15) is 0 Å². The van der Waals surface area contributed by atoms with Gasteiger partial charge in [-0.1, -0.05) is 11.8 Å². The van der Waals surface area contributed by atoms with Gasteiger partial charge in [0.25, 0.3) is 0 Å². The molecule has 0 aliphatic heterocycles. The van der Waals surface area contributed by atoms with E-state index in [2.05, 4.69) is 15.3 Å². The van der Waals surface area contributed by atoms with Crippen molar-refractivity contribution in [3.05, 3.63) is 6.20 Å². The van der Waals surface area contributed by atoms with Crippen LogP contribution in [0.3, 0.4) is 0 Å². The lowest BCUT2D eigenvalue weighted by Gasteiger charge is -2.02. The number of nitrogens with zero attached hydrogens (tertiary/aromatic N) is 5. The van der Waals surface area contributed by atoms with Crippen molar-refractivity contribution in [3.63, 3.8) is 0 Å². The molecule has 2 heterocycles. The third-order valence-corrected chi connectivity index (χ3v) is 3.31. The molecule has 0 atom stereocenters. The Kier molecular flexibility index (Phi) is 3.90. The standard InChI is InChI=1S/C11H17N5OS/c1-5-16-7-8(10(14-16)17-6-2)9-12-13-11(18-4)15(9)3/h7H,5-6H2,1-4H3. The molecule has 0 spiro atoms. The Hall–Kier alpha value is -1.50. The number of thioether (sulfide) groups is 1. The quantitative estimate of drug-likeness (QED) is 0.773. The van der Waals surface area contributed by atoms with Gasteiger partial charge in [-0.25, -0.2) is 0 Å². The van der Waals surface area contributed by atoms with Crippen LogP contribution in [0.15, 0.2) is 11.4 Å². The first-order valence-electron chi connectivity index (χ1n) is 5.85. The summed E-state index contributed by atoms with van der Waals surface area (Å²) in [5, 5.41) is 13.6. The largest absolute Gasteiger partial charge is 0.476 e. The molecule has 0 saturated carbocycles. The van der Waals surface area contributed by atoms with Gasteiger partial charge in [0.05, 0.1) is 6.61 Å². The van der Waals surface area contributed by atoms with Crippen molar-refractivity contribution >= 4 is 11.8 Å². The molecule has 7 heteroatoms. The lowest BCUT2D eigenvalue weighted by atomic mass is 10.3. The number of hydrogen-bond donors (Lipinski definition) is 0. The van der Waals surface area contributed by atoms with Crippen LogP contribution >= 0.6 is 11.8 Å². The molecule has 0 aliphatic rings. The topological polar surface area (TPSA) is 57.8 Å². The minimum absolute atomic E-state index is 0.584. The molecule has 2 rings (SSSR count). The van der Waals surface area contributed by atoms with E-state index in [-0.39, 0.29) is 0 Å². The van der Waals surface area contributed by atoms with Gasteiger partial charge in [0.2, 0.25) is 5.88 Å². The summed E-state index contributed by atoms with van der Waals surface area (Å²) in [5.41, 5.74) is 0.883. The number of ether oxygens (including phenoxy) is 1. The zero-order valence-corrected chi connectivity index (χ0v) is 11.9. The lowest BCUT2D eigenvalue weighted by Crippen LogP contribution is -1.98. The van der Waals surface area contributed by atoms with Gasteiger partial charge < -0.3 is 9.30 Å². The molecule has 0 fully saturated rings. The van der Waals surface area contributed by atoms with Crippen LogP contribution < -0.4 is 4.74 Å². The molecule has 2 aromatic heterocycles. The Balaban J connectivity index is 2.47. The van der Waals surface area contributed by atoms with E-state index in [1.54, 1.807) is 11.8 Å². The molecule has 0 aromatic carbocycles. The smallest absolute Gasteiger partial charge is 0.243 e. The maximum atomic E-state index is 5.55. The van der Waals surface area contributed by atoms with Crippen molar-refractivity contribution in [2.45, 2.75) is 25.5 Å². The molecule has 6 nitrogen and oxygen atoms in total. The summed E-state index contributed by atoms with van der Waals surface area (Å²) in [4.78, 5) is 0. The monoisotopic (exact) mass is 267 g/mol. The van der Waals surface area contributed by atoms with Gasteiger partial charge in [0.1, 0.15) is 5.56 Å². The molecule has 2 aromatic rings. The van der Waals surface area contributed by atoms with Crippen LogP contribution in [0.2, 0.25) is 0 Å². The number of aromatic nitrogens is 5. The average molecular weight is 267 g/mol. The van der Waals surface area contributed by atoms with Crippen LogP contribution in [0.4, 0.5) is 0 Å². The van der Waals surface area contributed by atoms with E-state index in [1.807, 2.05) is 42.6 Å². The van der Waals surface area contributed by atoms with Crippen molar-refractivity contribution in [1.82, 2.24) is 24.5 Å². The second kappa shape index (κ2) is 5.43. The normalized spacial score (nSPS) is 10.9. The zero-order valence-electron chi connectivity index (χ0n) is 11.0. The van der Waals surface area contributed by atoms with E-state index in [4.69, 9.17) is 4.74 Å². The van der Waals surface area contributed by atoms with Gasteiger partial charge in [-0.15, -0.1) is 15.3 Å². The molecular formula is C11H17N5OS. The van der Waals surface area contributed by atoms with E-state index in [9.17, 15) is 0 Å². The minimum atomic E-state index is 0.584. The summed E-state index contributed by atoms with van der Waals surface area (Å²) in [6, 6.07) is 0. The van der Waals surface area contributed by atoms with Crippen molar-refractivity contribution in [3.8, 4) is 17.3 Å². The summed E-state index contributed by atoms with van der Waals surface area (Å²) in [7, 11) is 1.94. The second-order valence-corrected chi connectivity index (χ2v) is 4.48. The maximum Gasteiger partial charge on any atom is 0.243 e. The highest BCUT2D eigenvalue weighted by molar-refractivity contribution is 7.98. The van der Waals surface area contributed by atoms with Gasteiger partial charge in [-0.3, -0.25) is 4.68 Å². The fourth-order valence-electron chi connectivity index (χ4n) is 1.69. The Labute approximate surface area is 110 Å². The first kappa shape index (κ1) is 12.9. The Morgan fingerprint density at radius 3 is 2.67 bits per heavy atom. The van der Waals surface area contributed by atoms with Gasteiger partial charge in [-0.05, 0) is 20.1 Å². The van der Waals surface area contributed by atoms with Crippen LogP contribution in [0.25, 0.3) is 11.4 Å². The van der Waals surface area contributed by atoms with Crippen LogP contribution in [0.5, 0.6) is 5.88 Å². The predicted molar refractivity (Wildman–Crippen MR) is 70.8 cm³/mol. The number of hydrogen-bond acceptors (Lipinski definition) is 5. The van der Waals surface area contributed by atoms with E-state index < -0.39 is 0 Å². The number of rotatable bonds is 5. The summed E-state index contributed by atoms with van der Waals surface area (Å²) in [5.74, 6) is 1.39. The highest BCUT2D eigenvalue weighted by Gasteiger charge is 2.18. The molecule has 0 aliphatic carbocycles. The van der Waals surface area contributed by atoms with Gasteiger partial charge >= 0.3 is 0 Å². The Bertz CT molecular complexity index is 534. The highest BCUT2D eigenvalue weighted by atomic mass is 32.2. The van der Waals surface area contributed by atoms with Crippen LogP contribution in [-0.4, -0.2) is 37.4 Å². The minimum Gasteiger partial charge on any atom is -0.476 e. The van der Waals surface area contributed by atoms with Crippen LogP contribution in [-0.2, 0) is 13.6 Å². The first-order valence-corrected chi connectivity index (χ1v) is 7.07. The molecule has 0 N–H and O–H groups in total. The molecular weight excluding hydrogens is 250 g/mol. The fourth-order valence-corrected chi connectivity index (χ4v) is 2.17. The second-order valence-electron chi connectivity index (χ2n) is 3.71. The Morgan fingerprint density at radius 1 is 1.33 bits per heavy atom. The van der Waals surface area contributed by atoms with E-state index >= 15 is 0 Å². The molecule has 98 valence electrons. The summed E-state index contributed by atoms with van der Waals surface area (Å²) in [6.07, 6.45) is 3.92. The maximum absolute atomic E-state index is 5.55. The predicted octanol–water partition coefficient (Wildman–Crippen LogP) is 1.82. The van der Waals surface area contributed by atoms with E-state index in [1.165, 1.54) is 0 Å². The lowest BCUT2D eigenvalue weighted by molar-refractivity contribution is 0.322. The van der Waals surface area contributed by atoms with Gasteiger partial charge in [0.15, 0.2) is 11.0 Å². The average Bonchev–Trinajstić information content (AvgIpc) is 2.93. The molecule has 0 radical (unpaired) electrons. The molecule has 0 saturated heterocycles. The van der Waals surface area contributed by atoms with Crippen molar-refractivity contribution < 1.29 is 4.74 Å². The highest BCUT2D eigenvalue weighted by Crippen LogP contribution is 2.28. The molecule has 18 heavy (non-hydrogen) atoms. The molecule has 0 amide bonds. The summed E-state index contributed by atoms with van der Waals surface area (Å²) < 4.78 is 9.34. The van der Waals surface area contributed by atoms with Crippen LogP contribution in [0.1, 0.15) is 13.8 Å². The third kappa shape index (κ3) is 2.22. The summed E-state index contributed by atoms with van der Waals surface area (Å²) in [6.45, 7) is 5.36. The summed E-state index contributed by atoms with van der Waals surface area (Å²) >= 11 is 1.56. The van der Waals surface area contributed by atoms with Gasteiger partial charge in [0, 0.05) is 19.8 Å². The van der Waals surface area contributed by atoms with E-state index in [0.29, 0.717) is 12.5 Å². The molecule has 0 unspecified atom stereocenters. The Morgan fingerprint density at radius 2 is 2.11 bits per heavy atom. The zero-order chi connectivity index (χ0) is 13.1. The van der Waals surface area contributed by atoms with Crippen LogP contribution in [0, 0.1) is 0 Å². The van der Waals surface area contributed by atoms with Crippen molar-refractivity contribution in [2.75, 3.05) is 12.9 Å². The van der Waals surface area contributed by atoms with Crippen molar-refractivity contribution in [2.24, 2.45) is 7.05 Å². The first-order chi connectivity index (χ1) is 8.71. The SMILES string of the molecule is CCOc1nn(CC)cc1-c1nnc(SC)n1C.